The molecule has 1 aliphatic rings. The van der Waals surface area contributed by atoms with E-state index in [9.17, 15) is 8.42 Å². The average molecular weight is 429 g/mol. The number of nitrogens with zero attached hydrogens (tertiary/aromatic N) is 2. The van der Waals surface area contributed by atoms with Gasteiger partial charge in [0.2, 0.25) is 0 Å². The van der Waals surface area contributed by atoms with E-state index in [0.29, 0.717) is 10.6 Å². The molecule has 0 saturated carbocycles. The van der Waals surface area contributed by atoms with Crippen LogP contribution < -0.4 is 15.0 Å². The molecule has 0 bridgehead atoms. The molecule has 0 radical (unpaired) electrons. The fourth-order valence-electron chi connectivity index (χ4n) is 3.38. The van der Waals surface area contributed by atoms with Gasteiger partial charge in [-0.05, 0) is 35.0 Å². The molecule has 1 fully saturated rings. The number of anilines is 1. The molecule has 0 aliphatic carbocycles. The third-order valence-corrected chi connectivity index (χ3v) is 6.44. The number of hydrogen-bond acceptors (Lipinski definition) is 5. The highest BCUT2D eigenvalue weighted by Gasteiger charge is 2.16. The monoisotopic (exact) mass is 428 g/mol. The maximum absolute atomic E-state index is 12.7. The van der Waals surface area contributed by atoms with Crippen LogP contribution in [0.2, 0.25) is 5.02 Å². The minimum absolute atomic E-state index is 0.162. The Morgan fingerprint density at radius 2 is 1.76 bits per heavy atom. The topological polar surface area (TPSA) is 73.8 Å². The highest BCUT2D eigenvalue weighted by atomic mass is 35.5. The van der Waals surface area contributed by atoms with Crippen molar-refractivity contribution in [1.29, 1.82) is 0 Å². The summed E-state index contributed by atoms with van der Waals surface area (Å²) in [6.07, 6.45) is 1.47. The summed E-state index contributed by atoms with van der Waals surface area (Å²) in [6.45, 7) is 3.48. The van der Waals surface area contributed by atoms with Gasteiger partial charge in [0.25, 0.3) is 10.0 Å². The first-order valence-electron chi connectivity index (χ1n) is 9.32. The molecule has 1 saturated heterocycles. The molecular weight excluding hydrogens is 408 g/mol. The highest BCUT2D eigenvalue weighted by molar-refractivity contribution is 7.89. The van der Waals surface area contributed by atoms with Gasteiger partial charge in [0, 0.05) is 37.4 Å². The SMILES string of the molecule is O=S(=O)(N/N=C/c1c(Cl)cccc1N1CCNCC1)c1ccc2ccccc2c1. The maximum Gasteiger partial charge on any atom is 0.276 e. The summed E-state index contributed by atoms with van der Waals surface area (Å²) >= 11 is 6.37. The number of sulfonamides is 1. The molecular formula is C21H21ClN4O2S. The Bertz CT molecular complexity index is 1160. The van der Waals surface area contributed by atoms with Crippen LogP contribution in [0.1, 0.15) is 5.56 Å². The van der Waals surface area contributed by atoms with Crippen LogP contribution in [0.4, 0.5) is 5.69 Å². The van der Waals surface area contributed by atoms with Crippen molar-refractivity contribution in [3.05, 3.63) is 71.2 Å². The van der Waals surface area contributed by atoms with Crippen molar-refractivity contribution in [3.8, 4) is 0 Å². The summed E-state index contributed by atoms with van der Waals surface area (Å²) < 4.78 is 25.3. The predicted molar refractivity (Wildman–Crippen MR) is 118 cm³/mol. The Hall–Kier alpha value is -2.61. The van der Waals surface area contributed by atoms with Crippen molar-refractivity contribution in [2.24, 2.45) is 5.10 Å². The third kappa shape index (κ3) is 4.37. The third-order valence-electron chi connectivity index (χ3n) is 4.89. The van der Waals surface area contributed by atoms with E-state index < -0.39 is 10.0 Å². The van der Waals surface area contributed by atoms with E-state index in [-0.39, 0.29) is 4.90 Å². The van der Waals surface area contributed by atoms with Crippen LogP contribution in [0.3, 0.4) is 0 Å². The minimum Gasteiger partial charge on any atom is -0.368 e. The second-order valence-corrected chi connectivity index (χ2v) is 8.84. The van der Waals surface area contributed by atoms with E-state index >= 15 is 0 Å². The number of fused-ring (bicyclic) bond motifs is 1. The number of halogens is 1. The van der Waals surface area contributed by atoms with E-state index in [4.69, 9.17) is 11.6 Å². The lowest BCUT2D eigenvalue weighted by Crippen LogP contribution is -2.43. The first-order valence-corrected chi connectivity index (χ1v) is 11.2. The molecule has 0 amide bonds. The molecule has 6 nitrogen and oxygen atoms in total. The van der Waals surface area contributed by atoms with Gasteiger partial charge >= 0.3 is 0 Å². The van der Waals surface area contributed by atoms with Crippen LogP contribution in [0, 0.1) is 0 Å². The van der Waals surface area contributed by atoms with E-state index in [1.165, 1.54) is 6.21 Å². The standard InChI is InChI=1S/C21H21ClN4O2S/c22-20-6-3-7-21(26-12-10-23-11-13-26)19(20)15-24-25-29(27,28)18-9-8-16-4-1-2-5-17(16)14-18/h1-9,14-15,23,25H,10-13H2/b24-15+. The summed E-state index contributed by atoms with van der Waals surface area (Å²) in [5, 5.41) is 9.66. The van der Waals surface area contributed by atoms with E-state index in [0.717, 1.165) is 42.6 Å². The molecule has 0 spiro atoms. The number of benzene rings is 3. The van der Waals surface area contributed by atoms with Gasteiger partial charge in [-0.25, -0.2) is 4.83 Å². The van der Waals surface area contributed by atoms with E-state index in [1.54, 1.807) is 24.3 Å². The Kier molecular flexibility index (Phi) is 5.71. The number of nitrogens with one attached hydrogen (secondary N) is 2. The minimum atomic E-state index is -3.79. The molecule has 2 N–H and O–H groups in total. The number of hydrogen-bond donors (Lipinski definition) is 2. The van der Waals surface area contributed by atoms with Crippen LogP contribution in [-0.2, 0) is 10.0 Å². The van der Waals surface area contributed by atoms with Crippen molar-refractivity contribution < 1.29 is 8.42 Å². The molecule has 150 valence electrons. The zero-order valence-electron chi connectivity index (χ0n) is 15.7. The van der Waals surface area contributed by atoms with Crippen molar-refractivity contribution in [3.63, 3.8) is 0 Å². The van der Waals surface area contributed by atoms with Crippen molar-refractivity contribution in [2.45, 2.75) is 4.90 Å². The summed E-state index contributed by atoms with van der Waals surface area (Å²) in [5.74, 6) is 0. The molecule has 29 heavy (non-hydrogen) atoms. The van der Waals surface area contributed by atoms with Gasteiger partial charge < -0.3 is 10.2 Å². The largest absolute Gasteiger partial charge is 0.368 e. The van der Waals surface area contributed by atoms with Crippen LogP contribution in [0.25, 0.3) is 10.8 Å². The number of hydrazone groups is 1. The zero-order chi connectivity index (χ0) is 20.3. The van der Waals surface area contributed by atoms with Gasteiger partial charge in [-0.2, -0.15) is 13.5 Å². The zero-order valence-corrected chi connectivity index (χ0v) is 17.2. The smallest absolute Gasteiger partial charge is 0.276 e. The fraction of sp³-hybridized carbons (Fsp3) is 0.190. The second-order valence-electron chi connectivity index (χ2n) is 6.77. The predicted octanol–water partition coefficient (Wildman–Crippen LogP) is 3.22. The van der Waals surface area contributed by atoms with Gasteiger partial charge in [0.05, 0.1) is 16.1 Å². The van der Waals surface area contributed by atoms with Gasteiger partial charge in [-0.1, -0.05) is 48.0 Å². The Labute approximate surface area is 175 Å². The molecule has 0 atom stereocenters. The summed E-state index contributed by atoms with van der Waals surface area (Å²) in [5.41, 5.74) is 1.63. The lowest BCUT2D eigenvalue weighted by molar-refractivity contribution is 0.584. The Morgan fingerprint density at radius 1 is 1.00 bits per heavy atom. The van der Waals surface area contributed by atoms with Crippen LogP contribution in [-0.4, -0.2) is 40.8 Å². The summed E-state index contributed by atoms with van der Waals surface area (Å²) in [6, 6.07) is 18.2. The lowest BCUT2D eigenvalue weighted by Gasteiger charge is -2.30. The van der Waals surface area contributed by atoms with Crippen molar-refractivity contribution in [1.82, 2.24) is 10.1 Å². The first-order chi connectivity index (χ1) is 14.0. The van der Waals surface area contributed by atoms with E-state index in [1.807, 2.05) is 36.4 Å². The van der Waals surface area contributed by atoms with Gasteiger partial charge in [0.15, 0.2) is 0 Å². The maximum atomic E-state index is 12.7. The van der Waals surface area contributed by atoms with Crippen molar-refractivity contribution >= 4 is 44.3 Å². The fourth-order valence-corrected chi connectivity index (χ4v) is 4.43. The molecule has 3 aromatic rings. The summed E-state index contributed by atoms with van der Waals surface area (Å²) in [7, 11) is -3.79. The Balaban J connectivity index is 1.57. The second kappa shape index (κ2) is 8.41. The molecule has 4 rings (SSSR count). The van der Waals surface area contributed by atoms with E-state index in [2.05, 4.69) is 20.1 Å². The van der Waals surface area contributed by atoms with Gasteiger partial charge in [-0.3, -0.25) is 0 Å². The quantitative estimate of drug-likeness (QED) is 0.483. The molecule has 0 aromatic heterocycles. The summed E-state index contributed by atoms with van der Waals surface area (Å²) in [4.78, 5) is 4.67. The van der Waals surface area contributed by atoms with Crippen LogP contribution >= 0.6 is 11.6 Å². The first kappa shape index (κ1) is 19.7. The molecule has 1 heterocycles. The highest BCUT2D eigenvalue weighted by Crippen LogP contribution is 2.26. The molecule has 8 heteroatoms. The van der Waals surface area contributed by atoms with Crippen molar-refractivity contribution in [2.75, 3.05) is 31.1 Å². The lowest BCUT2D eigenvalue weighted by atomic mass is 10.1. The number of piperazine rings is 1. The van der Waals surface area contributed by atoms with Gasteiger partial charge in [0.1, 0.15) is 0 Å². The Morgan fingerprint density at radius 3 is 2.55 bits per heavy atom. The molecule has 1 aliphatic heterocycles. The average Bonchev–Trinajstić information content (AvgIpc) is 2.75. The number of rotatable bonds is 5. The van der Waals surface area contributed by atoms with Gasteiger partial charge in [-0.15, -0.1) is 0 Å². The normalized spacial score (nSPS) is 15.1. The molecule has 0 unspecified atom stereocenters. The van der Waals surface area contributed by atoms with Crippen LogP contribution in [0.15, 0.2) is 70.7 Å². The molecule has 3 aromatic carbocycles. The van der Waals surface area contributed by atoms with Crippen LogP contribution in [0.5, 0.6) is 0 Å².